The lowest BCUT2D eigenvalue weighted by atomic mass is 9.98. The van der Waals surface area contributed by atoms with Crippen LogP contribution in [0.3, 0.4) is 0 Å². The SMILES string of the molecule is O=C1C[C@@H](C(=O)N2CCc3ccccc3C2)CN1Cc1ccccn1. The first-order chi connectivity index (χ1) is 12.2. The minimum absolute atomic E-state index is 0.0430. The Morgan fingerprint density at radius 2 is 1.92 bits per heavy atom. The lowest BCUT2D eigenvalue weighted by Crippen LogP contribution is -2.40. The third kappa shape index (κ3) is 3.27. The van der Waals surface area contributed by atoms with E-state index in [9.17, 15) is 9.59 Å². The van der Waals surface area contributed by atoms with E-state index in [1.54, 1.807) is 11.1 Å². The molecule has 0 saturated carbocycles. The lowest BCUT2D eigenvalue weighted by molar-refractivity contribution is -0.136. The average molecular weight is 335 g/mol. The fourth-order valence-corrected chi connectivity index (χ4v) is 3.72. The van der Waals surface area contributed by atoms with E-state index in [2.05, 4.69) is 17.1 Å². The van der Waals surface area contributed by atoms with Crippen LogP contribution in [0.15, 0.2) is 48.7 Å². The minimum Gasteiger partial charge on any atom is -0.338 e. The molecule has 2 aliphatic rings. The quantitative estimate of drug-likeness (QED) is 0.862. The summed E-state index contributed by atoms with van der Waals surface area (Å²) in [6.45, 7) is 2.36. The van der Waals surface area contributed by atoms with E-state index in [4.69, 9.17) is 0 Å². The van der Waals surface area contributed by atoms with Gasteiger partial charge in [-0.05, 0) is 29.7 Å². The van der Waals surface area contributed by atoms with E-state index in [0.29, 0.717) is 26.1 Å². The number of amides is 2. The molecule has 4 rings (SSSR count). The Labute approximate surface area is 147 Å². The molecular formula is C20H21N3O2. The van der Waals surface area contributed by atoms with E-state index in [1.165, 1.54) is 11.1 Å². The number of rotatable bonds is 3. The van der Waals surface area contributed by atoms with Crippen molar-refractivity contribution in [2.75, 3.05) is 13.1 Å². The lowest BCUT2D eigenvalue weighted by Gasteiger charge is -2.30. The highest BCUT2D eigenvalue weighted by Gasteiger charge is 2.37. The Hall–Kier alpha value is -2.69. The van der Waals surface area contributed by atoms with Gasteiger partial charge in [-0.3, -0.25) is 14.6 Å². The maximum Gasteiger partial charge on any atom is 0.228 e. The second kappa shape index (κ2) is 6.67. The van der Waals surface area contributed by atoms with E-state index < -0.39 is 0 Å². The maximum atomic E-state index is 12.9. The highest BCUT2D eigenvalue weighted by molar-refractivity contribution is 5.89. The molecule has 0 radical (unpaired) electrons. The van der Waals surface area contributed by atoms with Gasteiger partial charge in [0.15, 0.2) is 0 Å². The Bertz CT molecular complexity index is 791. The van der Waals surface area contributed by atoms with Gasteiger partial charge in [0.2, 0.25) is 11.8 Å². The van der Waals surface area contributed by atoms with Crippen LogP contribution in [0.2, 0.25) is 0 Å². The van der Waals surface area contributed by atoms with Crippen molar-refractivity contribution in [3.8, 4) is 0 Å². The molecule has 2 aliphatic heterocycles. The highest BCUT2D eigenvalue weighted by atomic mass is 16.2. The number of likely N-dealkylation sites (tertiary alicyclic amines) is 1. The summed E-state index contributed by atoms with van der Waals surface area (Å²) in [7, 11) is 0. The average Bonchev–Trinajstić information content (AvgIpc) is 3.02. The second-order valence-corrected chi connectivity index (χ2v) is 6.77. The van der Waals surface area contributed by atoms with Crippen LogP contribution in [0.4, 0.5) is 0 Å². The van der Waals surface area contributed by atoms with Crippen LogP contribution in [-0.4, -0.2) is 39.7 Å². The zero-order valence-corrected chi connectivity index (χ0v) is 14.1. The van der Waals surface area contributed by atoms with Gasteiger partial charge in [0.05, 0.1) is 18.2 Å². The third-order valence-electron chi connectivity index (χ3n) is 5.09. The number of pyridine rings is 1. The number of carbonyl (C=O) groups is 2. The van der Waals surface area contributed by atoms with Gasteiger partial charge < -0.3 is 9.80 Å². The molecule has 25 heavy (non-hydrogen) atoms. The molecular weight excluding hydrogens is 314 g/mol. The van der Waals surface area contributed by atoms with Crippen LogP contribution in [0, 0.1) is 5.92 Å². The molecule has 2 aromatic rings. The van der Waals surface area contributed by atoms with Crippen molar-refractivity contribution >= 4 is 11.8 Å². The zero-order valence-electron chi connectivity index (χ0n) is 14.1. The van der Waals surface area contributed by atoms with Gasteiger partial charge in [-0.25, -0.2) is 0 Å². The fraction of sp³-hybridized carbons (Fsp3) is 0.350. The summed E-state index contributed by atoms with van der Waals surface area (Å²) in [5, 5.41) is 0. The van der Waals surface area contributed by atoms with Crippen LogP contribution in [0.25, 0.3) is 0 Å². The molecule has 0 spiro atoms. The molecule has 5 heteroatoms. The zero-order chi connectivity index (χ0) is 17.2. The normalized spacial score (nSPS) is 19.8. The summed E-state index contributed by atoms with van der Waals surface area (Å²) in [6.07, 6.45) is 2.92. The summed E-state index contributed by atoms with van der Waals surface area (Å²) in [5.74, 6) is -0.0886. The molecule has 128 valence electrons. The third-order valence-corrected chi connectivity index (χ3v) is 5.09. The van der Waals surface area contributed by atoms with Crippen molar-refractivity contribution in [1.29, 1.82) is 0 Å². The number of hydrogen-bond acceptors (Lipinski definition) is 3. The van der Waals surface area contributed by atoms with Gasteiger partial charge in [-0.15, -0.1) is 0 Å². The predicted octanol–water partition coefficient (Wildman–Crippen LogP) is 2.02. The summed E-state index contributed by atoms with van der Waals surface area (Å²) in [5.41, 5.74) is 3.40. The van der Waals surface area contributed by atoms with E-state index >= 15 is 0 Å². The van der Waals surface area contributed by atoms with Crippen LogP contribution in [0.1, 0.15) is 23.2 Å². The van der Waals surface area contributed by atoms with Crippen molar-refractivity contribution < 1.29 is 9.59 Å². The highest BCUT2D eigenvalue weighted by Crippen LogP contribution is 2.25. The maximum absolute atomic E-state index is 12.9. The van der Waals surface area contributed by atoms with E-state index in [-0.39, 0.29) is 17.7 Å². The fourth-order valence-electron chi connectivity index (χ4n) is 3.72. The summed E-state index contributed by atoms with van der Waals surface area (Å²) in [4.78, 5) is 33.1. The van der Waals surface area contributed by atoms with Gasteiger partial charge in [-0.2, -0.15) is 0 Å². The number of nitrogens with zero attached hydrogens (tertiary/aromatic N) is 3. The van der Waals surface area contributed by atoms with Crippen LogP contribution in [0.5, 0.6) is 0 Å². The van der Waals surface area contributed by atoms with Gasteiger partial charge in [0.1, 0.15) is 0 Å². The number of benzene rings is 1. The smallest absolute Gasteiger partial charge is 0.228 e. The van der Waals surface area contributed by atoms with Gasteiger partial charge in [-0.1, -0.05) is 30.3 Å². The molecule has 0 unspecified atom stereocenters. The molecule has 1 saturated heterocycles. The van der Waals surface area contributed by atoms with Crippen LogP contribution < -0.4 is 0 Å². The van der Waals surface area contributed by atoms with Crippen molar-refractivity contribution in [1.82, 2.24) is 14.8 Å². The predicted molar refractivity (Wildman–Crippen MR) is 93.3 cm³/mol. The molecule has 1 aromatic carbocycles. The Kier molecular flexibility index (Phi) is 4.22. The molecule has 0 aliphatic carbocycles. The van der Waals surface area contributed by atoms with E-state index in [0.717, 1.165) is 18.7 Å². The Morgan fingerprint density at radius 1 is 1.12 bits per heavy atom. The number of fused-ring (bicyclic) bond motifs is 1. The summed E-state index contributed by atoms with van der Waals surface area (Å²) < 4.78 is 0. The van der Waals surface area contributed by atoms with Crippen molar-refractivity contribution in [2.24, 2.45) is 5.92 Å². The van der Waals surface area contributed by atoms with Crippen LogP contribution >= 0.6 is 0 Å². The first kappa shape index (κ1) is 15.8. The number of hydrogen-bond donors (Lipinski definition) is 0. The Morgan fingerprint density at radius 3 is 2.72 bits per heavy atom. The molecule has 0 N–H and O–H groups in total. The van der Waals surface area contributed by atoms with E-state index in [1.807, 2.05) is 35.2 Å². The molecule has 1 aromatic heterocycles. The summed E-state index contributed by atoms with van der Waals surface area (Å²) in [6, 6.07) is 13.9. The molecule has 1 atom stereocenters. The Balaban J connectivity index is 1.41. The molecule has 0 bridgehead atoms. The first-order valence-corrected chi connectivity index (χ1v) is 8.74. The molecule has 2 amide bonds. The number of carbonyl (C=O) groups excluding carboxylic acids is 2. The van der Waals surface area contributed by atoms with Gasteiger partial charge >= 0.3 is 0 Å². The molecule has 5 nitrogen and oxygen atoms in total. The van der Waals surface area contributed by atoms with Crippen molar-refractivity contribution in [3.05, 3.63) is 65.5 Å². The van der Waals surface area contributed by atoms with Crippen LogP contribution in [-0.2, 0) is 29.1 Å². The molecule has 1 fully saturated rings. The first-order valence-electron chi connectivity index (χ1n) is 8.74. The minimum atomic E-state index is -0.235. The van der Waals surface area contributed by atoms with Crippen molar-refractivity contribution in [3.63, 3.8) is 0 Å². The van der Waals surface area contributed by atoms with Gasteiger partial charge in [0, 0.05) is 32.3 Å². The topological polar surface area (TPSA) is 53.5 Å². The standard InChI is InChI=1S/C20H21N3O2/c24-19-11-17(13-23(19)14-18-7-3-4-9-21-18)20(25)22-10-8-15-5-1-2-6-16(15)12-22/h1-7,9,17H,8,10-14H2/t17-/m1/s1. The van der Waals surface area contributed by atoms with Gasteiger partial charge in [0.25, 0.3) is 0 Å². The summed E-state index contributed by atoms with van der Waals surface area (Å²) >= 11 is 0. The monoisotopic (exact) mass is 335 g/mol. The molecule has 3 heterocycles. The largest absolute Gasteiger partial charge is 0.338 e. The second-order valence-electron chi connectivity index (χ2n) is 6.77. The van der Waals surface area contributed by atoms with Crippen molar-refractivity contribution in [2.45, 2.75) is 25.9 Å². The number of aromatic nitrogens is 1.